The molecule has 2 aromatic rings. The predicted molar refractivity (Wildman–Crippen MR) is 71.3 cm³/mol. The third kappa shape index (κ3) is 4.53. The summed E-state index contributed by atoms with van der Waals surface area (Å²) >= 11 is 0. The van der Waals surface area contributed by atoms with Crippen LogP contribution in [-0.4, -0.2) is 31.4 Å². The van der Waals surface area contributed by atoms with Gasteiger partial charge in [0.25, 0.3) is 0 Å². The molecule has 6 nitrogen and oxygen atoms in total. The second kappa shape index (κ2) is 6.05. The number of sulfonamides is 1. The molecule has 0 saturated carbocycles. The molecular formula is C12H12F3N3O3S. The van der Waals surface area contributed by atoms with Gasteiger partial charge in [0, 0.05) is 18.5 Å². The zero-order valence-electron chi connectivity index (χ0n) is 11.4. The van der Waals surface area contributed by atoms with Gasteiger partial charge in [-0.3, -0.25) is 0 Å². The fourth-order valence-electron chi connectivity index (χ4n) is 1.65. The lowest BCUT2D eigenvalue weighted by Gasteiger charge is -2.06. The van der Waals surface area contributed by atoms with E-state index in [1.165, 1.54) is 12.1 Å². The van der Waals surface area contributed by atoms with E-state index in [0.29, 0.717) is 0 Å². The van der Waals surface area contributed by atoms with Gasteiger partial charge in [-0.2, -0.15) is 18.2 Å². The zero-order chi connectivity index (χ0) is 16.4. The van der Waals surface area contributed by atoms with Crippen LogP contribution in [0.3, 0.4) is 0 Å². The maximum absolute atomic E-state index is 12.6. The average molecular weight is 335 g/mol. The molecule has 0 aliphatic carbocycles. The molecule has 0 aliphatic rings. The van der Waals surface area contributed by atoms with E-state index in [1.54, 1.807) is 0 Å². The summed E-state index contributed by atoms with van der Waals surface area (Å²) in [6.07, 6.45) is -3.31. The van der Waals surface area contributed by atoms with Gasteiger partial charge < -0.3 is 4.52 Å². The molecule has 1 aromatic carbocycles. The molecule has 0 bridgehead atoms. The molecule has 2 rings (SSSR count). The first kappa shape index (κ1) is 16.4. The highest BCUT2D eigenvalue weighted by molar-refractivity contribution is 7.88. The third-order valence-corrected chi connectivity index (χ3v) is 3.35. The van der Waals surface area contributed by atoms with Crippen molar-refractivity contribution >= 4 is 10.0 Å². The molecule has 0 aliphatic heterocycles. The quantitative estimate of drug-likeness (QED) is 0.901. The highest BCUT2D eigenvalue weighted by atomic mass is 32.2. The van der Waals surface area contributed by atoms with Gasteiger partial charge >= 0.3 is 6.18 Å². The van der Waals surface area contributed by atoms with Crippen molar-refractivity contribution in [3.8, 4) is 11.4 Å². The van der Waals surface area contributed by atoms with Crippen molar-refractivity contribution in [2.45, 2.75) is 12.6 Å². The summed E-state index contributed by atoms with van der Waals surface area (Å²) in [5.41, 5.74) is -0.643. The van der Waals surface area contributed by atoms with Crippen LogP contribution >= 0.6 is 0 Å². The van der Waals surface area contributed by atoms with Gasteiger partial charge in [0.15, 0.2) is 0 Å². The maximum atomic E-state index is 12.6. The Balaban J connectivity index is 2.11. The number of hydrogen-bond acceptors (Lipinski definition) is 5. The molecule has 0 spiro atoms. The Labute approximate surface area is 124 Å². The van der Waals surface area contributed by atoms with Crippen molar-refractivity contribution in [1.29, 1.82) is 0 Å². The second-order valence-electron chi connectivity index (χ2n) is 4.51. The van der Waals surface area contributed by atoms with E-state index in [2.05, 4.69) is 14.9 Å². The SMILES string of the molecule is CS(=O)(=O)NCCc1nc(-c2cccc(C(F)(F)F)c2)no1. The summed E-state index contributed by atoms with van der Waals surface area (Å²) in [5, 5.41) is 3.59. The Morgan fingerprint density at radius 1 is 1.32 bits per heavy atom. The van der Waals surface area contributed by atoms with Crippen molar-refractivity contribution in [3.05, 3.63) is 35.7 Å². The van der Waals surface area contributed by atoms with Gasteiger partial charge in [0.05, 0.1) is 11.8 Å². The van der Waals surface area contributed by atoms with Crippen LogP contribution in [0.4, 0.5) is 13.2 Å². The number of halogens is 3. The molecular weight excluding hydrogens is 323 g/mol. The number of benzene rings is 1. The largest absolute Gasteiger partial charge is 0.416 e. The monoisotopic (exact) mass is 335 g/mol. The molecule has 0 amide bonds. The minimum Gasteiger partial charge on any atom is -0.339 e. The van der Waals surface area contributed by atoms with Crippen LogP contribution in [0.2, 0.25) is 0 Å². The summed E-state index contributed by atoms with van der Waals surface area (Å²) in [6.45, 7) is 0.0586. The first-order valence-corrected chi connectivity index (χ1v) is 7.99. The molecule has 10 heteroatoms. The van der Waals surface area contributed by atoms with E-state index in [-0.39, 0.29) is 30.2 Å². The molecule has 1 aromatic heterocycles. The van der Waals surface area contributed by atoms with Gasteiger partial charge in [-0.25, -0.2) is 13.1 Å². The number of rotatable bonds is 5. The number of alkyl halides is 3. The summed E-state index contributed by atoms with van der Waals surface area (Å²) in [7, 11) is -3.33. The van der Waals surface area contributed by atoms with E-state index in [1.807, 2.05) is 0 Å². The fourth-order valence-corrected chi connectivity index (χ4v) is 2.12. The van der Waals surface area contributed by atoms with E-state index < -0.39 is 21.8 Å². The van der Waals surface area contributed by atoms with Gasteiger partial charge in [-0.15, -0.1) is 0 Å². The normalized spacial score (nSPS) is 12.5. The van der Waals surface area contributed by atoms with E-state index in [9.17, 15) is 21.6 Å². The third-order valence-electron chi connectivity index (χ3n) is 2.62. The fraction of sp³-hybridized carbons (Fsp3) is 0.333. The summed E-state index contributed by atoms with van der Waals surface area (Å²) in [4.78, 5) is 3.94. The van der Waals surface area contributed by atoms with Gasteiger partial charge in [-0.05, 0) is 12.1 Å². The van der Waals surface area contributed by atoms with Crippen molar-refractivity contribution < 1.29 is 26.1 Å². The van der Waals surface area contributed by atoms with Crippen molar-refractivity contribution in [1.82, 2.24) is 14.9 Å². The van der Waals surface area contributed by atoms with Gasteiger partial charge in [0.1, 0.15) is 0 Å². The van der Waals surface area contributed by atoms with Crippen LogP contribution in [-0.2, 0) is 22.6 Å². The number of aromatic nitrogens is 2. The standard InChI is InChI=1S/C12H12F3N3O3S/c1-22(19,20)16-6-5-10-17-11(18-21-10)8-3-2-4-9(7-8)12(13,14)15/h2-4,7,16H,5-6H2,1H3. The molecule has 0 unspecified atom stereocenters. The first-order valence-electron chi connectivity index (χ1n) is 6.10. The van der Waals surface area contributed by atoms with Crippen LogP contribution in [0.15, 0.2) is 28.8 Å². The number of nitrogens with one attached hydrogen (secondary N) is 1. The Morgan fingerprint density at radius 3 is 2.68 bits per heavy atom. The van der Waals surface area contributed by atoms with Crippen molar-refractivity contribution in [2.24, 2.45) is 0 Å². The molecule has 0 saturated heterocycles. The van der Waals surface area contributed by atoms with E-state index >= 15 is 0 Å². The lowest BCUT2D eigenvalue weighted by molar-refractivity contribution is -0.137. The summed E-state index contributed by atoms with van der Waals surface area (Å²) in [6, 6.07) is 4.54. The smallest absolute Gasteiger partial charge is 0.339 e. The maximum Gasteiger partial charge on any atom is 0.416 e. The minimum absolute atomic E-state index is 0.0143. The van der Waals surface area contributed by atoms with Crippen LogP contribution in [0, 0.1) is 0 Å². The molecule has 22 heavy (non-hydrogen) atoms. The Bertz CT molecular complexity index is 756. The highest BCUT2D eigenvalue weighted by Crippen LogP contribution is 2.31. The molecule has 1 N–H and O–H groups in total. The number of hydrogen-bond donors (Lipinski definition) is 1. The topological polar surface area (TPSA) is 85.1 Å². The Kier molecular flexibility index (Phi) is 4.52. The lowest BCUT2D eigenvalue weighted by atomic mass is 10.1. The molecule has 0 atom stereocenters. The van der Waals surface area contributed by atoms with E-state index in [0.717, 1.165) is 18.4 Å². The van der Waals surface area contributed by atoms with Crippen molar-refractivity contribution in [2.75, 3.05) is 12.8 Å². The second-order valence-corrected chi connectivity index (χ2v) is 6.34. The molecule has 120 valence electrons. The Morgan fingerprint density at radius 2 is 2.05 bits per heavy atom. The van der Waals surface area contributed by atoms with E-state index in [4.69, 9.17) is 4.52 Å². The lowest BCUT2D eigenvalue weighted by Crippen LogP contribution is -2.24. The minimum atomic E-state index is -4.46. The van der Waals surface area contributed by atoms with Crippen LogP contribution in [0.1, 0.15) is 11.5 Å². The molecule has 0 fully saturated rings. The zero-order valence-corrected chi connectivity index (χ0v) is 12.2. The van der Waals surface area contributed by atoms with Gasteiger partial charge in [-0.1, -0.05) is 17.3 Å². The molecule has 1 heterocycles. The summed E-state index contributed by atoms with van der Waals surface area (Å²) < 4.78 is 66.8. The highest BCUT2D eigenvalue weighted by Gasteiger charge is 2.30. The Hall–Kier alpha value is -1.94. The molecule has 0 radical (unpaired) electrons. The van der Waals surface area contributed by atoms with Gasteiger partial charge in [0.2, 0.25) is 21.7 Å². The van der Waals surface area contributed by atoms with Crippen LogP contribution < -0.4 is 4.72 Å². The van der Waals surface area contributed by atoms with Crippen LogP contribution in [0.5, 0.6) is 0 Å². The average Bonchev–Trinajstić information content (AvgIpc) is 2.85. The van der Waals surface area contributed by atoms with Crippen molar-refractivity contribution in [3.63, 3.8) is 0 Å². The first-order chi connectivity index (χ1) is 10.1. The summed E-state index contributed by atoms with van der Waals surface area (Å²) in [5.74, 6) is 0.143. The predicted octanol–water partition coefficient (Wildman–Crippen LogP) is 1.85. The number of nitrogens with zero attached hydrogens (tertiary/aromatic N) is 2. The van der Waals surface area contributed by atoms with Crippen LogP contribution in [0.25, 0.3) is 11.4 Å².